The van der Waals surface area contributed by atoms with Crippen LogP contribution in [0.1, 0.15) is 37.2 Å². The van der Waals surface area contributed by atoms with Crippen LogP contribution in [-0.2, 0) is 12.5 Å². The van der Waals surface area contributed by atoms with E-state index >= 15 is 0 Å². The first-order chi connectivity index (χ1) is 20.5. The number of anilines is 4. The lowest BCUT2D eigenvalue weighted by Crippen LogP contribution is -2.23. The number of para-hydroxylation sites is 1. The Kier molecular flexibility index (Phi) is 7.42. The van der Waals surface area contributed by atoms with Gasteiger partial charge in [-0.3, -0.25) is 0 Å². The van der Waals surface area contributed by atoms with E-state index in [1.807, 2.05) is 17.7 Å². The smallest absolute Gasteiger partial charge is 0.171 e. The number of benzene rings is 3. The standard InChI is InChI=1S/C35H35N7/c1-35(2,34-39-31-32(40-36)37-24-38-33(31)41(34)3)27-18-22-30(23-19-27)42(28-12-8-5-9-13-28)29-20-16-26(17-21-29)15-14-25-10-6-4-7-11-25/h4-10,12-25H,11,36H2,1-3H3,(H,37,38,40)/b15-14+. The fourth-order valence-electron chi connectivity index (χ4n) is 5.56. The molecule has 210 valence electrons. The maximum atomic E-state index is 5.69. The molecule has 6 rings (SSSR count). The van der Waals surface area contributed by atoms with Crippen LogP contribution in [-0.4, -0.2) is 19.5 Å². The van der Waals surface area contributed by atoms with E-state index in [2.05, 4.69) is 143 Å². The van der Waals surface area contributed by atoms with Crippen molar-refractivity contribution in [2.45, 2.75) is 25.7 Å². The lowest BCUT2D eigenvalue weighted by Gasteiger charge is -2.28. The van der Waals surface area contributed by atoms with Gasteiger partial charge in [0.05, 0.1) is 0 Å². The highest BCUT2D eigenvalue weighted by atomic mass is 15.3. The highest BCUT2D eigenvalue weighted by molar-refractivity contribution is 5.83. The third kappa shape index (κ3) is 5.22. The topological polar surface area (TPSA) is 84.9 Å². The molecule has 0 amide bonds. The number of nitrogen functional groups attached to an aromatic ring is 1. The summed E-state index contributed by atoms with van der Waals surface area (Å²) in [7, 11) is 1.98. The predicted octanol–water partition coefficient (Wildman–Crippen LogP) is 7.59. The van der Waals surface area contributed by atoms with Gasteiger partial charge in [0.1, 0.15) is 12.2 Å². The van der Waals surface area contributed by atoms with Crippen molar-refractivity contribution in [1.29, 1.82) is 0 Å². The van der Waals surface area contributed by atoms with Crippen molar-refractivity contribution in [3.8, 4) is 0 Å². The van der Waals surface area contributed by atoms with E-state index in [1.165, 1.54) is 11.9 Å². The fourth-order valence-corrected chi connectivity index (χ4v) is 5.56. The maximum Gasteiger partial charge on any atom is 0.171 e. The summed E-state index contributed by atoms with van der Waals surface area (Å²) in [5.74, 6) is 7.53. The quantitative estimate of drug-likeness (QED) is 0.152. The third-order valence-electron chi connectivity index (χ3n) is 7.91. The Bertz CT molecular complexity index is 1760. The Balaban J connectivity index is 1.31. The minimum absolute atomic E-state index is 0.394. The number of hydrazine groups is 1. The second-order valence-corrected chi connectivity index (χ2v) is 11.0. The molecule has 5 aromatic rings. The second-order valence-electron chi connectivity index (χ2n) is 11.0. The van der Waals surface area contributed by atoms with Gasteiger partial charge in [-0.15, -0.1) is 0 Å². The number of aryl methyl sites for hydroxylation is 1. The normalized spacial score (nSPS) is 15.0. The summed E-state index contributed by atoms with van der Waals surface area (Å²) in [6.45, 7) is 4.35. The number of rotatable bonds is 8. The number of aromatic nitrogens is 4. The Morgan fingerprint density at radius 2 is 1.60 bits per heavy atom. The molecule has 7 nitrogen and oxygen atoms in total. The largest absolute Gasteiger partial charge is 0.315 e. The molecule has 0 saturated carbocycles. The van der Waals surface area contributed by atoms with Gasteiger partial charge in [-0.2, -0.15) is 0 Å². The molecular formula is C35H35N7. The Morgan fingerprint density at radius 1 is 0.905 bits per heavy atom. The van der Waals surface area contributed by atoms with Crippen LogP contribution < -0.4 is 16.2 Å². The summed E-state index contributed by atoms with van der Waals surface area (Å²) in [5, 5.41) is 0. The summed E-state index contributed by atoms with van der Waals surface area (Å²) >= 11 is 0. The minimum Gasteiger partial charge on any atom is -0.315 e. The zero-order valence-corrected chi connectivity index (χ0v) is 24.1. The van der Waals surface area contributed by atoms with Crippen LogP contribution >= 0.6 is 0 Å². The SMILES string of the molecule is Cn1c(C(C)(C)c2ccc(N(c3ccccc3)c3ccc(/C=C/C4C=CC=CC4)cc3)cc2)nc2c(NN)ncnc21. The van der Waals surface area contributed by atoms with Crippen molar-refractivity contribution < 1.29 is 0 Å². The summed E-state index contributed by atoms with van der Waals surface area (Å²) in [5.41, 5.74) is 9.23. The zero-order chi connectivity index (χ0) is 29.1. The first-order valence-electron chi connectivity index (χ1n) is 14.2. The van der Waals surface area contributed by atoms with Gasteiger partial charge in [-0.1, -0.05) is 78.9 Å². The van der Waals surface area contributed by atoms with E-state index in [-0.39, 0.29) is 0 Å². The number of allylic oxidation sites excluding steroid dienone is 5. The van der Waals surface area contributed by atoms with Crippen LogP contribution in [0.4, 0.5) is 22.9 Å². The summed E-state index contributed by atoms with van der Waals surface area (Å²) in [6.07, 6.45) is 15.7. The number of fused-ring (bicyclic) bond motifs is 1. The molecule has 2 aromatic heterocycles. The molecule has 3 aromatic carbocycles. The number of hydrogen-bond acceptors (Lipinski definition) is 6. The average molecular weight is 554 g/mol. The van der Waals surface area contributed by atoms with E-state index in [0.717, 1.165) is 40.5 Å². The summed E-state index contributed by atoms with van der Waals surface area (Å²) in [6, 6.07) is 27.9. The molecule has 1 unspecified atom stereocenters. The van der Waals surface area contributed by atoms with Gasteiger partial charge in [-0.05, 0) is 73.7 Å². The summed E-state index contributed by atoms with van der Waals surface area (Å²) < 4.78 is 2.01. The van der Waals surface area contributed by atoms with Gasteiger partial charge in [0, 0.05) is 29.5 Å². The number of hydrogen-bond donors (Lipinski definition) is 2. The van der Waals surface area contributed by atoms with E-state index in [9.17, 15) is 0 Å². The molecule has 0 bridgehead atoms. The van der Waals surface area contributed by atoms with Gasteiger partial charge in [-0.25, -0.2) is 20.8 Å². The van der Waals surface area contributed by atoms with Crippen molar-refractivity contribution in [2.75, 3.05) is 10.3 Å². The first-order valence-corrected chi connectivity index (χ1v) is 14.2. The van der Waals surface area contributed by atoms with E-state index in [1.54, 1.807) is 0 Å². The minimum atomic E-state index is -0.394. The van der Waals surface area contributed by atoms with Crippen LogP contribution in [0.15, 0.2) is 116 Å². The van der Waals surface area contributed by atoms with E-state index in [0.29, 0.717) is 17.3 Å². The highest BCUT2D eigenvalue weighted by Crippen LogP contribution is 2.38. The van der Waals surface area contributed by atoms with Crippen molar-refractivity contribution in [3.63, 3.8) is 0 Å². The van der Waals surface area contributed by atoms with Crippen LogP contribution in [0.3, 0.4) is 0 Å². The van der Waals surface area contributed by atoms with Crippen molar-refractivity contribution in [1.82, 2.24) is 19.5 Å². The highest BCUT2D eigenvalue weighted by Gasteiger charge is 2.30. The van der Waals surface area contributed by atoms with Gasteiger partial charge < -0.3 is 14.9 Å². The maximum absolute atomic E-state index is 5.69. The van der Waals surface area contributed by atoms with E-state index in [4.69, 9.17) is 10.8 Å². The molecule has 42 heavy (non-hydrogen) atoms. The van der Waals surface area contributed by atoms with Crippen molar-refractivity contribution in [2.24, 2.45) is 18.8 Å². The van der Waals surface area contributed by atoms with Crippen molar-refractivity contribution >= 4 is 40.1 Å². The molecule has 0 saturated heterocycles. The number of imidazole rings is 1. The molecule has 0 spiro atoms. The fraction of sp³-hybridized carbons (Fsp3) is 0.171. The van der Waals surface area contributed by atoms with E-state index < -0.39 is 5.41 Å². The third-order valence-corrected chi connectivity index (χ3v) is 7.91. The van der Waals surface area contributed by atoms with Crippen molar-refractivity contribution in [3.05, 3.63) is 133 Å². The molecule has 1 atom stereocenters. The molecule has 3 N–H and O–H groups in total. The number of nitrogens with two attached hydrogens (primary N) is 1. The lowest BCUT2D eigenvalue weighted by atomic mass is 9.83. The van der Waals surface area contributed by atoms with Gasteiger partial charge in [0.15, 0.2) is 17.0 Å². The Morgan fingerprint density at radius 3 is 2.26 bits per heavy atom. The second kappa shape index (κ2) is 11.5. The lowest BCUT2D eigenvalue weighted by molar-refractivity contribution is 0.566. The average Bonchev–Trinajstić information content (AvgIpc) is 3.39. The van der Waals surface area contributed by atoms with Gasteiger partial charge >= 0.3 is 0 Å². The molecule has 1 aliphatic rings. The number of nitrogens with zero attached hydrogens (tertiary/aromatic N) is 5. The molecular weight excluding hydrogens is 518 g/mol. The monoisotopic (exact) mass is 553 g/mol. The molecule has 7 heteroatoms. The predicted molar refractivity (Wildman–Crippen MR) is 173 cm³/mol. The number of nitrogens with one attached hydrogen (secondary N) is 1. The molecule has 2 heterocycles. The van der Waals surface area contributed by atoms with Crippen LogP contribution in [0.25, 0.3) is 17.2 Å². The van der Waals surface area contributed by atoms with Crippen LogP contribution in [0.2, 0.25) is 0 Å². The Labute approximate surface area is 246 Å². The first kappa shape index (κ1) is 27.2. The van der Waals surface area contributed by atoms with Crippen LogP contribution in [0, 0.1) is 5.92 Å². The molecule has 0 aliphatic heterocycles. The van der Waals surface area contributed by atoms with Gasteiger partial charge in [0.25, 0.3) is 0 Å². The molecule has 0 fully saturated rings. The van der Waals surface area contributed by atoms with Crippen LogP contribution in [0.5, 0.6) is 0 Å². The molecule has 0 radical (unpaired) electrons. The molecule has 1 aliphatic carbocycles. The summed E-state index contributed by atoms with van der Waals surface area (Å²) in [4.78, 5) is 15.9. The Hall–Kier alpha value is -5.01. The zero-order valence-electron chi connectivity index (χ0n) is 24.1. The van der Waals surface area contributed by atoms with Gasteiger partial charge in [0.2, 0.25) is 0 Å².